The Bertz CT molecular complexity index is 344. The molecule has 0 radical (unpaired) electrons. The van der Waals surface area contributed by atoms with E-state index in [2.05, 4.69) is 24.1 Å². The average molecular weight is 298 g/mol. The van der Waals surface area contributed by atoms with Gasteiger partial charge in [-0.1, -0.05) is 13.8 Å². The molecule has 1 fully saturated rings. The molecule has 21 heavy (non-hydrogen) atoms. The summed E-state index contributed by atoms with van der Waals surface area (Å²) in [6, 6.07) is -0.186. The Balaban J connectivity index is 2.43. The molecule has 0 aromatic carbocycles. The first-order chi connectivity index (χ1) is 9.95. The van der Waals surface area contributed by atoms with Crippen LogP contribution in [0.4, 0.5) is 0 Å². The molecule has 0 aliphatic carbocycles. The number of amides is 1. The van der Waals surface area contributed by atoms with Gasteiger partial charge in [0.05, 0.1) is 18.6 Å². The highest BCUT2D eigenvalue weighted by atomic mass is 16.5. The third-order valence-electron chi connectivity index (χ3n) is 4.02. The molecule has 1 rings (SSSR count). The van der Waals surface area contributed by atoms with E-state index in [1.165, 1.54) is 0 Å². The van der Waals surface area contributed by atoms with Gasteiger partial charge in [-0.05, 0) is 45.6 Å². The van der Waals surface area contributed by atoms with E-state index < -0.39 is 0 Å². The molecule has 1 heterocycles. The predicted octanol–water partition coefficient (Wildman–Crippen LogP) is 1.81. The van der Waals surface area contributed by atoms with Gasteiger partial charge in [-0.3, -0.25) is 14.5 Å². The van der Waals surface area contributed by atoms with E-state index in [-0.39, 0.29) is 23.8 Å². The Kier molecular flexibility index (Phi) is 7.72. The highest BCUT2D eigenvalue weighted by Gasteiger charge is 2.31. The van der Waals surface area contributed by atoms with E-state index in [4.69, 9.17) is 4.74 Å². The molecule has 1 aliphatic heterocycles. The molecule has 0 spiro atoms. The summed E-state index contributed by atoms with van der Waals surface area (Å²) in [4.78, 5) is 26.1. The van der Waals surface area contributed by atoms with Crippen LogP contribution in [0.15, 0.2) is 0 Å². The molecule has 0 bridgehead atoms. The summed E-state index contributed by atoms with van der Waals surface area (Å²) in [7, 11) is 0. The van der Waals surface area contributed by atoms with Gasteiger partial charge in [0.25, 0.3) is 0 Å². The monoisotopic (exact) mass is 298 g/mol. The van der Waals surface area contributed by atoms with Crippen molar-refractivity contribution in [1.82, 2.24) is 10.2 Å². The smallest absolute Gasteiger partial charge is 0.310 e. The van der Waals surface area contributed by atoms with Crippen molar-refractivity contribution in [1.29, 1.82) is 0 Å². The van der Waals surface area contributed by atoms with Crippen LogP contribution >= 0.6 is 0 Å². The van der Waals surface area contributed by atoms with Gasteiger partial charge in [0.1, 0.15) is 0 Å². The molecule has 1 saturated heterocycles. The normalized spacial score (nSPS) is 21.1. The maximum atomic E-state index is 12.2. The largest absolute Gasteiger partial charge is 0.466 e. The molecule has 0 saturated carbocycles. The minimum atomic E-state index is -0.186. The second-order valence-corrected chi connectivity index (χ2v) is 6.24. The van der Waals surface area contributed by atoms with Crippen molar-refractivity contribution in [2.75, 3.05) is 26.2 Å². The van der Waals surface area contributed by atoms with Crippen molar-refractivity contribution < 1.29 is 14.3 Å². The number of ether oxygens (including phenoxy) is 1. The molecule has 1 amide bonds. The SMILES string of the molecule is CCOC(=O)[C@@H]1CCCN(C(C)C(=O)NCCC(C)C)C1. The van der Waals surface area contributed by atoms with Crippen molar-refractivity contribution in [2.45, 2.75) is 53.0 Å². The van der Waals surface area contributed by atoms with Gasteiger partial charge in [-0.25, -0.2) is 0 Å². The Labute approximate surface area is 128 Å². The number of likely N-dealkylation sites (tertiary alicyclic amines) is 1. The molecule has 2 atom stereocenters. The first-order valence-electron chi connectivity index (χ1n) is 8.14. The molecule has 1 aliphatic rings. The van der Waals surface area contributed by atoms with E-state index in [0.29, 0.717) is 19.1 Å². The highest BCUT2D eigenvalue weighted by molar-refractivity contribution is 5.81. The van der Waals surface area contributed by atoms with Crippen molar-refractivity contribution in [3.05, 3.63) is 0 Å². The van der Waals surface area contributed by atoms with Crippen LogP contribution in [0.1, 0.15) is 47.0 Å². The first-order valence-corrected chi connectivity index (χ1v) is 8.14. The van der Waals surface area contributed by atoms with Crippen molar-refractivity contribution >= 4 is 11.9 Å². The number of esters is 1. The second-order valence-electron chi connectivity index (χ2n) is 6.24. The Hall–Kier alpha value is -1.10. The van der Waals surface area contributed by atoms with Gasteiger partial charge >= 0.3 is 5.97 Å². The zero-order valence-electron chi connectivity index (χ0n) is 13.9. The molecule has 0 aromatic heterocycles. The van der Waals surface area contributed by atoms with E-state index in [1.54, 1.807) is 0 Å². The summed E-state index contributed by atoms with van der Waals surface area (Å²) in [5, 5.41) is 2.98. The van der Waals surface area contributed by atoms with Gasteiger partial charge in [0, 0.05) is 13.1 Å². The minimum Gasteiger partial charge on any atom is -0.466 e. The van der Waals surface area contributed by atoms with Crippen LogP contribution in [0.2, 0.25) is 0 Å². The number of carbonyl (C=O) groups is 2. The molecule has 5 heteroatoms. The number of nitrogens with zero attached hydrogens (tertiary/aromatic N) is 1. The summed E-state index contributed by atoms with van der Waals surface area (Å²) < 4.78 is 5.09. The van der Waals surface area contributed by atoms with E-state index in [1.807, 2.05) is 13.8 Å². The van der Waals surface area contributed by atoms with Crippen LogP contribution in [0.5, 0.6) is 0 Å². The summed E-state index contributed by atoms with van der Waals surface area (Å²) in [5.41, 5.74) is 0. The van der Waals surface area contributed by atoms with Gasteiger partial charge in [0.2, 0.25) is 5.91 Å². The number of piperidine rings is 1. The van der Waals surface area contributed by atoms with Gasteiger partial charge < -0.3 is 10.1 Å². The van der Waals surface area contributed by atoms with Crippen molar-refractivity contribution in [2.24, 2.45) is 11.8 Å². The quantitative estimate of drug-likeness (QED) is 0.728. The summed E-state index contributed by atoms with van der Waals surface area (Å²) in [5.74, 6) is 0.420. The van der Waals surface area contributed by atoms with Gasteiger partial charge in [-0.2, -0.15) is 0 Å². The third kappa shape index (κ3) is 6.04. The van der Waals surface area contributed by atoms with E-state index in [0.717, 1.165) is 32.4 Å². The third-order valence-corrected chi connectivity index (χ3v) is 4.02. The standard InChI is InChI=1S/C16H30N2O3/c1-5-21-16(20)14-7-6-10-18(11-14)13(4)15(19)17-9-8-12(2)3/h12-14H,5-11H2,1-4H3,(H,17,19)/t13?,14-/m1/s1. The Morgan fingerprint density at radius 3 is 2.67 bits per heavy atom. The molecule has 5 nitrogen and oxygen atoms in total. The number of hydrogen-bond acceptors (Lipinski definition) is 4. The lowest BCUT2D eigenvalue weighted by molar-refractivity contribution is -0.151. The average Bonchev–Trinajstić information content (AvgIpc) is 2.46. The molecular formula is C16H30N2O3. The minimum absolute atomic E-state index is 0.0557. The fraction of sp³-hybridized carbons (Fsp3) is 0.875. The number of rotatable bonds is 7. The van der Waals surface area contributed by atoms with Gasteiger partial charge in [-0.15, -0.1) is 0 Å². The highest BCUT2D eigenvalue weighted by Crippen LogP contribution is 2.19. The number of nitrogens with one attached hydrogen (secondary N) is 1. The Morgan fingerprint density at radius 2 is 2.05 bits per heavy atom. The zero-order chi connectivity index (χ0) is 15.8. The summed E-state index contributed by atoms with van der Waals surface area (Å²) in [6.07, 6.45) is 2.79. The lowest BCUT2D eigenvalue weighted by Crippen LogP contribution is -2.50. The van der Waals surface area contributed by atoms with E-state index in [9.17, 15) is 9.59 Å². The van der Waals surface area contributed by atoms with E-state index >= 15 is 0 Å². The second kappa shape index (κ2) is 9.03. The van der Waals surface area contributed by atoms with Crippen LogP contribution in [0.25, 0.3) is 0 Å². The molecule has 0 aromatic rings. The van der Waals surface area contributed by atoms with Crippen molar-refractivity contribution in [3.63, 3.8) is 0 Å². The Morgan fingerprint density at radius 1 is 1.33 bits per heavy atom. The fourth-order valence-electron chi connectivity index (χ4n) is 2.61. The van der Waals surface area contributed by atoms with Gasteiger partial charge in [0.15, 0.2) is 0 Å². The van der Waals surface area contributed by atoms with Crippen LogP contribution in [0.3, 0.4) is 0 Å². The molecular weight excluding hydrogens is 268 g/mol. The maximum absolute atomic E-state index is 12.2. The fourth-order valence-corrected chi connectivity index (χ4v) is 2.61. The first kappa shape index (κ1) is 18.0. The van der Waals surface area contributed by atoms with Crippen LogP contribution in [0, 0.1) is 11.8 Å². The molecule has 1 unspecified atom stereocenters. The summed E-state index contributed by atoms with van der Waals surface area (Å²) >= 11 is 0. The topological polar surface area (TPSA) is 58.6 Å². The molecule has 122 valence electrons. The van der Waals surface area contributed by atoms with Crippen molar-refractivity contribution in [3.8, 4) is 0 Å². The predicted molar refractivity (Wildman–Crippen MR) is 82.9 cm³/mol. The van der Waals surface area contributed by atoms with Crippen LogP contribution in [-0.2, 0) is 14.3 Å². The number of carbonyl (C=O) groups excluding carboxylic acids is 2. The van der Waals surface area contributed by atoms with Crippen LogP contribution < -0.4 is 5.32 Å². The lowest BCUT2D eigenvalue weighted by atomic mass is 9.97. The number of hydrogen-bond donors (Lipinski definition) is 1. The summed E-state index contributed by atoms with van der Waals surface area (Å²) in [6.45, 7) is 10.7. The van der Waals surface area contributed by atoms with Crippen LogP contribution in [-0.4, -0.2) is 49.1 Å². The zero-order valence-corrected chi connectivity index (χ0v) is 13.9. The molecule has 1 N–H and O–H groups in total. The lowest BCUT2D eigenvalue weighted by Gasteiger charge is -2.35. The maximum Gasteiger partial charge on any atom is 0.310 e.